The van der Waals surface area contributed by atoms with Crippen LogP contribution in [0, 0.1) is 6.92 Å². The van der Waals surface area contributed by atoms with Gasteiger partial charge in [0.15, 0.2) is 17.5 Å². The number of methoxy groups -OCH3 is 2. The minimum Gasteiger partial charge on any atom is -0.493 e. The number of ether oxygens (including phenoxy) is 2. The number of benzene rings is 2. The molecule has 0 spiro atoms. The first-order chi connectivity index (χ1) is 10.6. The Kier molecular flexibility index (Phi) is 5.25. The predicted molar refractivity (Wildman–Crippen MR) is 89.7 cm³/mol. The zero-order valence-electron chi connectivity index (χ0n) is 13.1. The first kappa shape index (κ1) is 15.7. The van der Waals surface area contributed by atoms with Crippen molar-refractivity contribution in [2.24, 2.45) is 10.7 Å². The number of rotatable bonds is 5. The van der Waals surface area contributed by atoms with Gasteiger partial charge in [-0.3, -0.25) is 0 Å². The van der Waals surface area contributed by atoms with Gasteiger partial charge in [0, 0.05) is 11.3 Å². The van der Waals surface area contributed by atoms with E-state index >= 15 is 0 Å². The number of nitrogens with one attached hydrogen (secondary N) is 1. The largest absolute Gasteiger partial charge is 0.493 e. The molecule has 0 atom stereocenters. The lowest BCUT2D eigenvalue weighted by atomic mass is 10.2. The van der Waals surface area contributed by atoms with Crippen molar-refractivity contribution in [3.05, 3.63) is 53.6 Å². The Morgan fingerprint density at radius 2 is 1.82 bits per heavy atom. The molecule has 116 valence electrons. The maximum absolute atomic E-state index is 5.92. The Morgan fingerprint density at radius 1 is 1.09 bits per heavy atom. The summed E-state index contributed by atoms with van der Waals surface area (Å²) in [6, 6.07) is 13.6. The van der Waals surface area contributed by atoms with Crippen molar-refractivity contribution >= 4 is 11.6 Å². The summed E-state index contributed by atoms with van der Waals surface area (Å²) in [4.78, 5) is 4.34. The number of guanidine groups is 1. The van der Waals surface area contributed by atoms with Gasteiger partial charge < -0.3 is 20.5 Å². The van der Waals surface area contributed by atoms with E-state index in [0.29, 0.717) is 24.0 Å². The smallest absolute Gasteiger partial charge is 0.193 e. The van der Waals surface area contributed by atoms with Crippen molar-refractivity contribution in [1.29, 1.82) is 0 Å². The van der Waals surface area contributed by atoms with Gasteiger partial charge in [-0.25, -0.2) is 4.99 Å². The van der Waals surface area contributed by atoms with Crippen molar-refractivity contribution in [3.63, 3.8) is 0 Å². The molecule has 3 N–H and O–H groups in total. The van der Waals surface area contributed by atoms with Crippen LogP contribution in [0.3, 0.4) is 0 Å². The van der Waals surface area contributed by atoms with Gasteiger partial charge in [-0.2, -0.15) is 0 Å². The molecule has 0 aliphatic rings. The Balaban J connectivity index is 2.09. The summed E-state index contributed by atoms with van der Waals surface area (Å²) in [5.74, 6) is 1.71. The molecule has 0 saturated heterocycles. The Bertz CT molecular complexity index is 651. The van der Waals surface area contributed by atoms with E-state index in [1.54, 1.807) is 14.2 Å². The highest BCUT2D eigenvalue weighted by molar-refractivity contribution is 5.92. The highest BCUT2D eigenvalue weighted by atomic mass is 16.5. The molecule has 0 unspecified atom stereocenters. The number of hydrogen-bond donors (Lipinski definition) is 2. The van der Waals surface area contributed by atoms with E-state index in [0.717, 1.165) is 11.3 Å². The summed E-state index contributed by atoms with van der Waals surface area (Å²) in [5.41, 5.74) is 8.94. The van der Waals surface area contributed by atoms with Gasteiger partial charge in [0.05, 0.1) is 20.8 Å². The lowest BCUT2D eigenvalue weighted by molar-refractivity contribution is 0.352. The Labute approximate surface area is 130 Å². The van der Waals surface area contributed by atoms with E-state index in [1.165, 1.54) is 5.56 Å². The molecule has 2 aromatic carbocycles. The number of para-hydroxylation sites is 1. The standard InChI is InChI=1S/C17H21N3O2/c1-12-7-9-14(10-8-12)20-17(18)19-11-13-5-4-6-15(21-2)16(13)22-3/h4-10H,11H2,1-3H3,(H3,18,19,20). The predicted octanol–water partition coefficient (Wildman–Crippen LogP) is 2.94. The van der Waals surface area contributed by atoms with Crippen molar-refractivity contribution < 1.29 is 9.47 Å². The average Bonchev–Trinajstić information content (AvgIpc) is 2.54. The average molecular weight is 299 g/mol. The summed E-state index contributed by atoms with van der Waals surface area (Å²) >= 11 is 0. The molecule has 0 amide bonds. The summed E-state index contributed by atoms with van der Waals surface area (Å²) in [6.45, 7) is 2.45. The fraction of sp³-hybridized carbons (Fsp3) is 0.235. The normalized spacial score (nSPS) is 11.1. The zero-order chi connectivity index (χ0) is 15.9. The SMILES string of the molecule is COc1cccc(CN=C(N)Nc2ccc(C)cc2)c1OC. The van der Waals surface area contributed by atoms with E-state index in [4.69, 9.17) is 15.2 Å². The molecule has 0 radical (unpaired) electrons. The van der Waals surface area contributed by atoms with Gasteiger partial charge in [0.1, 0.15) is 0 Å². The molecular weight excluding hydrogens is 278 g/mol. The van der Waals surface area contributed by atoms with Crippen molar-refractivity contribution in [3.8, 4) is 11.5 Å². The molecule has 0 heterocycles. The third-order valence-corrected chi connectivity index (χ3v) is 3.23. The zero-order valence-corrected chi connectivity index (χ0v) is 13.1. The fourth-order valence-corrected chi connectivity index (χ4v) is 2.07. The van der Waals surface area contributed by atoms with Crippen molar-refractivity contribution in [2.75, 3.05) is 19.5 Å². The lowest BCUT2D eigenvalue weighted by Gasteiger charge is -2.11. The minimum absolute atomic E-state index is 0.355. The van der Waals surface area contributed by atoms with Crippen LogP contribution in [-0.4, -0.2) is 20.2 Å². The quantitative estimate of drug-likeness (QED) is 0.658. The molecular formula is C17H21N3O2. The first-order valence-corrected chi connectivity index (χ1v) is 6.97. The van der Waals surface area contributed by atoms with E-state index in [9.17, 15) is 0 Å². The van der Waals surface area contributed by atoms with Crippen molar-refractivity contribution in [1.82, 2.24) is 0 Å². The Morgan fingerprint density at radius 3 is 2.45 bits per heavy atom. The van der Waals surface area contributed by atoms with Gasteiger partial charge in [0.25, 0.3) is 0 Å². The van der Waals surface area contributed by atoms with Gasteiger partial charge >= 0.3 is 0 Å². The third kappa shape index (κ3) is 3.91. The summed E-state index contributed by atoms with van der Waals surface area (Å²) in [7, 11) is 3.22. The Hall–Kier alpha value is -2.69. The highest BCUT2D eigenvalue weighted by Crippen LogP contribution is 2.31. The second-order valence-electron chi connectivity index (χ2n) is 4.85. The van der Waals surface area contributed by atoms with Gasteiger partial charge in [-0.05, 0) is 25.1 Å². The second kappa shape index (κ2) is 7.36. The molecule has 5 heteroatoms. The van der Waals surface area contributed by atoms with Gasteiger partial charge in [-0.15, -0.1) is 0 Å². The fourth-order valence-electron chi connectivity index (χ4n) is 2.07. The lowest BCUT2D eigenvalue weighted by Crippen LogP contribution is -2.22. The number of aliphatic imine (C=N–C) groups is 1. The maximum Gasteiger partial charge on any atom is 0.193 e. The first-order valence-electron chi connectivity index (χ1n) is 6.97. The van der Waals surface area contributed by atoms with E-state index in [-0.39, 0.29) is 0 Å². The van der Waals surface area contributed by atoms with Crippen LogP contribution in [0.15, 0.2) is 47.5 Å². The molecule has 0 aliphatic heterocycles. The molecule has 5 nitrogen and oxygen atoms in total. The van der Waals surface area contributed by atoms with Gasteiger partial charge in [0.2, 0.25) is 0 Å². The molecule has 0 saturated carbocycles. The molecule has 22 heavy (non-hydrogen) atoms. The highest BCUT2D eigenvalue weighted by Gasteiger charge is 2.08. The van der Waals surface area contributed by atoms with E-state index < -0.39 is 0 Å². The van der Waals surface area contributed by atoms with Crippen LogP contribution in [0.1, 0.15) is 11.1 Å². The minimum atomic E-state index is 0.355. The summed E-state index contributed by atoms with van der Waals surface area (Å²) < 4.78 is 10.6. The van der Waals surface area contributed by atoms with Crippen molar-refractivity contribution in [2.45, 2.75) is 13.5 Å². The number of nitrogens with zero attached hydrogens (tertiary/aromatic N) is 1. The van der Waals surface area contributed by atoms with Crippen LogP contribution in [0.4, 0.5) is 5.69 Å². The topological polar surface area (TPSA) is 68.9 Å². The number of nitrogens with two attached hydrogens (primary N) is 1. The van der Waals surface area contributed by atoms with E-state index in [2.05, 4.69) is 10.3 Å². The molecule has 0 fully saturated rings. The number of anilines is 1. The van der Waals surface area contributed by atoms with Crippen LogP contribution in [0.2, 0.25) is 0 Å². The molecule has 2 rings (SSSR count). The van der Waals surface area contributed by atoms with Crippen LogP contribution in [0.25, 0.3) is 0 Å². The molecule has 0 bridgehead atoms. The third-order valence-electron chi connectivity index (χ3n) is 3.23. The summed E-state index contributed by atoms with van der Waals surface area (Å²) in [5, 5.41) is 3.06. The van der Waals surface area contributed by atoms with Crippen LogP contribution >= 0.6 is 0 Å². The van der Waals surface area contributed by atoms with Gasteiger partial charge in [-0.1, -0.05) is 29.8 Å². The van der Waals surface area contributed by atoms with Crippen LogP contribution in [0.5, 0.6) is 11.5 Å². The maximum atomic E-state index is 5.92. The van der Waals surface area contributed by atoms with Crippen LogP contribution < -0.4 is 20.5 Å². The molecule has 0 aliphatic carbocycles. The van der Waals surface area contributed by atoms with E-state index in [1.807, 2.05) is 49.4 Å². The summed E-state index contributed by atoms with van der Waals surface area (Å²) in [6.07, 6.45) is 0. The second-order valence-corrected chi connectivity index (χ2v) is 4.85. The number of hydrogen-bond acceptors (Lipinski definition) is 3. The monoisotopic (exact) mass is 299 g/mol. The molecule has 2 aromatic rings. The van der Waals surface area contributed by atoms with Crippen LogP contribution in [-0.2, 0) is 6.54 Å². The molecule has 0 aromatic heterocycles. The number of aryl methyl sites for hydroxylation is 1.